The van der Waals surface area contributed by atoms with Gasteiger partial charge < -0.3 is 5.73 Å². The zero-order chi connectivity index (χ0) is 10.6. The number of nitrogen functional groups attached to an aromatic ring is 1. The van der Waals surface area contributed by atoms with E-state index in [1.54, 1.807) is 24.3 Å². The number of benzene rings is 1. The van der Waals surface area contributed by atoms with Crippen molar-refractivity contribution in [2.45, 2.75) is 6.42 Å². The number of hydrogen-bond donors (Lipinski definition) is 2. The zero-order valence-corrected chi connectivity index (χ0v) is 8.20. The van der Waals surface area contributed by atoms with Gasteiger partial charge in [-0.3, -0.25) is 4.55 Å². The summed E-state index contributed by atoms with van der Waals surface area (Å²) in [6.45, 7) is -0.0806. The van der Waals surface area contributed by atoms with Crippen molar-refractivity contribution >= 4 is 16.1 Å². The van der Waals surface area contributed by atoms with E-state index < -0.39 is 10.4 Å². The molecule has 0 aliphatic rings. The molecule has 0 saturated heterocycles. The van der Waals surface area contributed by atoms with Crippen LogP contribution in [-0.2, 0) is 21.0 Å². The molecule has 14 heavy (non-hydrogen) atoms. The molecule has 0 aliphatic heterocycles. The highest BCUT2D eigenvalue weighted by atomic mass is 32.3. The average molecular weight is 217 g/mol. The van der Waals surface area contributed by atoms with Crippen LogP contribution in [0.4, 0.5) is 5.69 Å². The summed E-state index contributed by atoms with van der Waals surface area (Å²) in [5, 5.41) is 0. The Balaban J connectivity index is 2.43. The summed E-state index contributed by atoms with van der Waals surface area (Å²) in [7, 11) is -4.33. The number of nitrogens with two attached hydrogens (primary N) is 1. The van der Waals surface area contributed by atoms with Gasteiger partial charge in [0.25, 0.3) is 0 Å². The lowest BCUT2D eigenvalue weighted by Crippen LogP contribution is -2.06. The van der Waals surface area contributed by atoms with Gasteiger partial charge in [-0.25, -0.2) is 4.18 Å². The Morgan fingerprint density at radius 1 is 1.29 bits per heavy atom. The summed E-state index contributed by atoms with van der Waals surface area (Å²) < 4.78 is 32.8. The van der Waals surface area contributed by atoms with Gasteiger partial charge in [-0.05, 0) is 24.1 Å². The Bertz CT molecular complexity index is 384. The van der Waals surface area contributed by atoms with Crippen molar-refractivity contribution in [3.8, 4) is 0 Å². The van der Waals surface area contributed by atoms with E-state index in [1.165, 1.54) is 0 Å². The second-order valence-electron chi connectivity index (χ2n) is 2.74. The second kappa shape index (κ2) is 4.41. The number of hydrogen-bond acceptors (Lipinski definition) is 4. The van der Waals surface area contributed by atoms with Gasteiger partial charge in [0, 0.05) is 5.69 Å². The summed E-state index contributed by atoms with van der Waals surface area (Å²) in [5.74, 6) is 0. The van der Waals surface area contributed by atoms with Crippen LogP contribution in [0.1, 0.15) is 5.56 Å². The molecule has 0 atom stereocenters. The van der Waals surface area contributed by atoms with Crippen LogP contribution in [0.2, 0.25) is 0 Å². The molecule has 0 heterocycles. The highest BCUT2D eigenvalue weighted by Gasteiger charge is 2.03. The summed E-state index contributed by atoms with van der Waals surface area (Å²) in [5.41, 5.74) is 6.99. The first-order valence-electron chi connectivity index (χ1n) is 3.93. The lowest BCUT2D eigenvalue weighted by Gasteiger charge is -2.01. The Morgan fingerprint density at radius 2 is 1.86 bits per heavy atom. The second-order valence-corrected chi connectivity index (χ2v) is 3.83. The van der Waals surface area contributed by atoms with Crippen LogP contribution >= 0.6 is 0 Å². The summed E-state index contributed by atoms with van der Waals surface area (Å²) in [6, 6.07) is 6.96. The zero-order valence-electron chi connectivity index (χ0n) is 7.38. The molecule has 0 aromatic heterocycles. The van der Waals surface area contributed by atoms with Gasteiger partial charge in [-0.15, -0.1) is 0 Å². The number of anilines is 1. The van der Waals surface area contributed by atoms with Gasteiger partial charge >= 0.3 is 10.4 Å². The fourth-order valence-corrected chi connectivity index (χ4v) is 1.24. The molecule has 0 bridgehead atoms. The smallest absolute Gasteiger partial charge is 0.397 e. The summed E-state index contributed by atoms with van der Waals surface area (Å²) >= 11 is 0. The fourth-order valence-electron chi connectivity index (χ4n) is 0.949. The van der Waals surface area contributed by atoms with Crippen molar-refractivity contribution in [2.24, 2.45) is 0 Å². The molecule has 0 fully saturated rings. The first-order chi connectivity index (χ1) is 6.47. The molecule has 1 aromatic carbocycles. The van der Waals surface area contributed by atoms with Crippen LogP contribution in [-0.4, -0.2) is 19.6 Å². The van der Waals surface area contributed by atoms with E-state index in [9.17, 15) is 8.42 Å². The third-order valence-corrected chi connectivity index (χ3v) is 2.07. The van der Waals surface area contributed by atoms with Crippen molar-refractivity contribution in [3.05, 3.63) is 29.8 Å². The van der Waals surface area contributed by atoms with Crippen LogP contribution in [0.25, 0.3) is 0 Å². The highest BCUT2D eigenvalue weighted by Crippen LogP contribution is 2.06. The van der Waals surface area contributed by atoms with Crippen molar-refractivity contribution in [1.82, 2.24) is 0 Å². The van der Waals surface area contributed by atoms with E-state index in [4.69, 9.17) is 10.3 Å². The predicted octanol–water partition coefficient (Wildman–Crippen LogP) is 0.631. The molecule has 1 rings (SSSR count). The molecule has 0 unspecified atom stereocenters. The highest BCUT2D eigenvalue weighted by molar-refractivity contribution is 7.80. The molecule has 0 radical (unpaired) electrons. The standard InChI is InChI=1S/C8H11NO4S/c9-8-3-1-7(2-4-8)5-6-13-14(10,11)12/h1-4H,5-6,9H2,(H,10,11,12). The first-order valence-corrected chi connectivity index (χ1v) is 5.30. The van der Waals surface area contributed by atoms with Gasteiger partial charge in [0.15, 0.2) is 0 Å². The third-order valence-electron chi connectivity index (χ3n) is 1.60. The molecular weight excluding hydrogens is 206 g/mol. The minimum atomic E-state index is -4.33. The molecular formula is C8H11NO4S. The Kier molecular flexibility index (Phi) is 3.45. The van der Waals surface area contributed by atoms with Crippen LogP contribution in [0.5, 0.6) is 0 Å². The van der Waals surface area contributed by atoms with Crippen LogP contribution in [0.15, 0.2) is 24.3 Å². The van der Waals surface area contributed by atoms with E-state index >= 15 is 0 Å². The van der Waals surface area contributed by atoms with Crippen molar-refractivity contribution in [3.63, 3.8) is 0 Å². The van der Waals surface area contributed by atoms with Crippen LogP contribution in [0.3, 0.4) is 0 Å². The molecule has 5 nitrogen and oxygen atoms in total. The predicted molar refractivity (Wildman–Crippen MR) is 52.1 cm³/mol. The molecule has 0 saturated carbocycles. The molecule has 6 heteroatoms. The minimum absolute atomic E-state index is 0.0806. The van der Waals surface area contributed by atoms with E-state index in [0.29, 0.717) is 12.1 Å². The van der Waals surface area contributed by atoms with Crippen molar-refractivity contribution in [2.75, 3.05) is 12.3 Å². The number of rotatable bonds is 4. The third kappa shape index (κ3) is 4.22. The Morgan fingerprint density at radius 3 is 2.36 bits per heavy atom. The molecule has 0 spiro atoms. The summed E-state index contributed by atoms with van der Waals surface area (Å²) in [6.07, 6.45) is 0.403. The van der Waals surface area contributed by atoms with Gasteiger partial charge in [0.1, 0.15) is 0 Å². The SMILES string of the molecule is Nc1ccc(CCOS(=O)(=O)O)cc1. The lowest BCUT2D eigenvalue weighted by atomic mass is 10.1. The molecule has 0 amide bonds. The molecule has 3 N–H and O–H groups in total. The maximum atomic E-state index is 10.2. The monoisotopic (exact) mass is 217 g/mol. The normalized spacial score (nSPS) is 11.5. The van der Waals surface area contributed by atoms with Crippen molar-refractivity contribution < 1.29 is 17.2 Å². The Labute approximate surface area is 82.5 Å². The maximum Gasteiger partial charge on any atom is 0.397 e. The van der Waals surface area contributed by atoms with Crippen LogP contribution in [0, 0.1) is 0 Å². The van der Waals surface area contributed by atoms with Gasteiger partial charge in [0.2, 0.25) is 0 Å². The summed E-state index contributed by atoms with van der Waals surface area (Å²) in [4.78, 5) is 0. The average Bonchev–Trinajstić information content (AvgIpc) is 2.06. The molecule has 0 aliphatic carbocycles. The maximum absolute atomic E-state index is 10.2. The topological polar surface area (TPSA) is 89.6 Å². The Hall–Kier alpha value is -1.11. The van der Waals surface area contributed by atoms with Crippen LogP contribution < -0.4 is 5.73 Å². The minimum Gasteiger partial charge on any atom is -0.399 e. The first kappa shape index (κ1) is 11.0. The fraction of sp³-hybridized carbons (Fsp3) is 0.250. The lowest BCUT2D eigenvalue weighted by molar-refractivity contribution is 0.272. The molecule has 78 valence electrons. The van der Waals surface area contributed by atoms with E-state index in [0.717, 1.165) is 5.56 Å². The quantitative estimate of drug-likeness (QED) is 0.570. The van der Waals surface area contributed by atoms with Gasteiger partial charge in [-0.1, -0.05) is 12.1 Å². The van der Waals surface area contributed by atoms with E-state index in [1.807, 2.05) is 0 Å². The van der Waals surface area contributed by atoms with E-state index in [-0.39, 0.29) is 6.61 Å². The van der Waals surface area contributed by atoms with Gasteiger partial charge in [0.05, 0.1) is 6.61 Å². The van der Waals surface area contributed by atoms with Crippen molar-refractivity contribution in [1.29, 1.82) is 0 Å². The largest absolute Gasteiger partial charge is 0.399 e. The van der Waals surface area contributed by atoms with Gasteiger partial charge in [-0.2, -0.15) is 8.42 Å². The van der Waals surface area contributed by atoms with E-state index in [2.05, 4.69) is 4.18 Å². The molecule has 1 aromatic rings.